The van der Waals surface area contributed by atoms with Gasteiger partial charge in [0.05, 0.1) is 13.7 Å². The van der Waals surface area contributed by atoms with Crippen molar-refractivity contribution in [3.8, 4) is 0 Å². The summed E-state index contributed by atoms with van der Waals surface area (Å²) in [4.78, 5) is 15.5. The molecule has 0 unspecified atom stereocenters. The van der Waals surface area contributed by atoms with Crippen LogP contribution in [0.5, 0.6) is 0 Å². The van der Waals surface area contributed by atoms with E-state index in [-0.39, 0.29) is 0 Å². The van der Waals surface area contributed by atoms with Gasteiger partial charge in [-0.1, -0.05) is 13.0 Å². The van der Waals surface area contributed by atoms with Gasteiger partial charge in [0.25, 0.3) is 0 Å². The van der Waals surface area contributed by atoms with E-state index in [4.69, 9.17) is 0 Å². The van der Waals surface area contributed by atoms with Gasteiger partial charge < -0.3 is 14.6 Å². The van der Waals surface area contributed by atoms with Crippen molar-refractivity contribution in [3.05, 3.63) is 42.5 Å². The van der Waals surface area contributed by atoms with Crippen LogP contribution in [0.15, 0.2) is 36.7 Å². The topological polar surface area (TPSA) is 68.2 Å². The molecule has 21 heavy (non-hydrogen) atoms. The summed E-state index contributed by atoms with van der Waals surface area (Å²) in [7, 11) is 1.34. The molecule has 6 heteroatoms. The van der Waals surface area contributed by atoms with Gasteiger partial charge >= 0.3 is 6.09 Å². The fraction of sp³-hybridized carbons (Fsp3) is 0.333. The summed E-state index contributed by atoms with van der Waals surface area (Å²) >= 11 is 0. The molecule has 1 heterocycles. The zero-order valence-corrected chi connectivity index (χ0v) is 12.3. The van der Waals surface area contributed by atoms with E-state index < -0.39 is 6.09 Å². The van der Waals surface area contributed by atoms with Crippen LogP contribution in [0.4, 0.5) is 16.2 Å². The van der Waals surface area contributed by atoms with Gasteiger partial charge in [0.15, 0.2) is 0 Å². The van der Waals surface area contributed by atoms with Crippen molar-refractivity contribution in [2.24, 2.45) is 0 Å². The number of nitrogens with one attached hydrogen (secondary N) is 2. The average molecular weight is 288 g/mol. The molecule has 0 atom stereocenters. The lowest BCUT2D eigenvalue weighted by atomic mass is 10.2. The highest BCUT2D eigenvalue weighted by Gasteiger charge is 2.04. The number of amides is 1. The molecule has 1 aromatic carbocycles. The number of ether oxygens (including phenoxy) is 1. The predicted molar refractivity (Wildman–Crippen MR) is 82.3 cm³/mol. The van der Waals surface area contributed by atoms with E-state index in [0.717, 1.165) is 24.5 Å². The van der Waals surface area contributed by atoms with E-state index in [1.807, 2.05) is 30.6 Å². The highest BCUT2D eigenvalue weighted by Crippen LogP contribution is 2.16. The Morgan fingerprint density at radius 1 is 1.38 bits per heavy atom. The minimum atomic E-state index is -0.481. The molecule has 112 valence electrons. The largest absolute Gasteiger partial charge is 0.453 e. The van der Waals surface area contributed by atoms with E-state index in [9.17, 15) is 4.79 Å². The van der Waals surface area contributed by atoms with Crippen LogP contribution < -0.4 is 10.6 Å². The molecular weight excluding hydrogens is 268 g/mol. The van der Waals surface area contributed by atoms with Crippen molar-refractivity contribution in [1.82, 2.24) is 9.55 Å². The maximum Gasteiger partial charge on any atom is 0.411 e. The number of benzene rings is 1. The van der Waals surface area contributed by atoms with E-state index in [1.54, 1.807) is 6.07 Å². The predicted octanol–water partition coefficient (Wildman–Crippen LogP) is 3.08. The van der Waals surface area contributed by atoms with Gasteiger partial charge in [-0.2, -0.15) is 0 Å². The third kappa shape index (κ3) is 4.24. The first kappa shape index (κ1) is 14.9. The van der Waals surface area contributed by atoms with Gasteiger partial charge in [-0.3, -0.25) is 5.32 Å². The normalized spacial score (nSPS) is 10.2. The van der Waals surface area contributed by atoms with Crippen molar-refractivity contribution in [2.75, 3.05) is 17.7 Å². The van der Waals surface area contributed by atoms with Gasteiger partial charge in [-0.05, 0) is 24.6 Å². The molecule has 0 fully saturated rings. The molecular formula is C15H20N4O2. The van der Waals surface area contributed by atoms with Crippen molar-refractivity contribution in [2.45, 2.75) is 26.4 Å². The average Bonchev–Trinajstić information content (AvgIpc) is 2.93. The minimum absolute atomic E-state index is 0.481. The molecule has 0 saturated carbocycles. The smallest absolute Gasteiger partial charge is 0.411 e. The maximum absolute atomic E-state index is 11.2. The third-order valence-electron chi connectivity index (χ3n) is 3.01. The Morgan fingerprint density at radius 3 is 2.95 bits per heavy atom. The molecule has 0 aliphatic heterocycles. The second-order valence-corrected chi connectivity index (χ2v) is 4.59. The quantitative estimate of drug-likeness (QED) is 0.857. The molecule has 2 aromatic rings. The van der Waals surface area contributed by atoms with Crippen molar-refractivity contribution in [3.63, 3.8) is 0 Å². The summed E-state index contributed by atoms with van der Waals surface area (Å²) in [5.41, 5.74) is 1.60. The molecule has 0 radical (unpaired) electrons. The van der Waals surface area contributed by atoms with Crippen molar-refractivity contribution < 1.29 is 9.53 Å². The second kappa shape index (κ2) is 7.33. The number of hydrogen-bond acceptors (Lipinski definition) is 4. The number of aryl methyl sites for hydroxylation is 1. The Hall–Kier alpha value is -2.50. The first-order valence-electron chi connectivity index (χ1n) is 6.92. The molecule has 2 rings (SSSR count). The summed E-state index contributed by atoms with van der Waals surface area (Å²) in [6, 6.07) is 7.46. The molecule has 6 nitrogen and oxygen atoms in total. The number of aromatic nitrogens is 2. The van der Waals surface area contributed by atoms with Crippen LogP contribution in [0, 0.1) is 0 Å². The Balaban J connectivity index is 1.98. The van der Waals surface area contributed by atoms with Crippen LogP contribution in [0.1, 0.15) is 19.2 Å². The Kier molecular flexibility index (Phi) is 5.20. The molecule has 0 bridgehead atoms. The van der Waals surface area contributed by atoms with Crippen LogP contribution in [-0.4, -0.2) is 22.8 Å². The highest BCUT2D eigenvalue weighted by molar-refractivity contribution is 5.85. The van der Waals surface area contributed by atoms with Crippen LogP contribution in [-0.2, 0) is 17.8 Å². The lowest BCUT2D eigenvalue weighted by molar-refractivity contribution is 0.187. The molecule has 1 aromatic heterocycles. The molecule has 2 N–H and O–H groups in total. The minimum Gasteiger partial charge on any atom is -0.453 e. The first-order valence-corrected chi connectivity index (χ1v) is 6.92. The number of rotatable bonds is 6. The maximum atomic E-state index is 11.2. The van der Waals surface area contributed by atoms with Gasteiger partial charge in [-0.15, -0.1) is 0 Å². The number of carbonyl (C=O) groups excluding carboxylic acids is 1. The third-order valence-corrected chi connectivity index (χ3v) is 3.01. The van der Waals surface area contributed by atoms with Crippen molar-refractivity contribution in [1.29, 1.82) is 0 Å². The molecule has 0 saturated heterocycles. The number of hydrogen-bond donors (Lipinski definition) is 2. The number of nitrogens with zero attached hydrogens (tertiary/aromatic N) is 2. The standard InChI is InChI=1S/C15H20N4O2/c1-3-8-19-9-7-16-14(19)11-17-12-5-4-6-13(10-12)18-15(20)21-2/h4-7,9-10,17H,3,8,11H2,1-2H3,(H,18,20). The molecule has 0 aliphatic carbocycles. The zero-order valence-electron chi connectivity index (χ0n) is 12.3. The van der Waals surface area contributed by atoms with Gasteiger partial charge in [0.2, 0.25) is 0 Å². The van der Waals surface area contributed by atoms with E-state index >= 15 is 0 Å². The fourth-order valence-corrected chi connectivity index (χ4v) is 2.01. The highest BCUT2D eigenvalue weighted by atomic mass is 16.5. The van der Waals surface area contributed by atoms with Crippen molar-refractivity contribution >= 4 is 17.5 Å². The van der Waals surface area contributed by atoms with Crippen LogP contribution in [0.3, 0.4) is 0 Å². The number of anilines is 2. The summed E-state index contributed by atoms with van der Waals surface area (Å²) in [6.07, 6.45) is 4.38. The second-order valence-electron chi connectivity index (χ2n) is 4.59. The number of imidazole rings is 1. The first-order chi connectivity index (χ1) is 10.2. The summed E-state index contributed by atoms with van der Waals surface area (Å²) in [5, 5.41) is 5.94. The SMILES string of the molecule is CCCn1ccnc1CNc1cccc(NC(=O)OC)c1. The van der Waals surface area contributed by atoms with Crippen LogP contribution >= 0.6 is 0 Å². The summed E-state index contributed by atoms with van der Waals surface area (Å²) in [5.74, 6) is 0.989. The summed E-state index contributed by atoms with van der Waals surface area (Å²) in [6.45, 7) is 3.73. The van der Waals surface area contributed by atoms with Gasteiger partial charge in [-0.25, -0.2) is 9.78 Å². The fourth-order valence-electron chi connectivity index (χ4n) is 2.01. The molecule has 0 aliphatic rings. The van der Waals surface area contributed by atoms with E-state index in [1.165, 1.54) is 7.11 Å². The Morgan fingerprint density at radius 2 is 2.19 bits per heavy atom. The van der Waals surface area contributed by atoms with Gasteiger partial charge in [0, 0.05) is 30.3 Å². The summed E-state index contributed by atoms with van der Waals surface area (Å²) < 4.78 is 6.70. The lowest BCUT2D eigenvalue weighted by Crippen LogP contribution is -2.11. The van der Waals surface area contributed by atoms with Gasteiger partial charge in [0.1, 0.15) is 5.82 Å². The van der Waals surface area contributed by atoms with E-state index in [0.29, 0.717) is 12.2 Å². The monoisotopic (exact) mass is 288 g/mol. The van der Waals surface area contributed by atoms with Crippen LogP contribution in [0.2, 0.25) is 0 Å². The lowest BCUT2D eigenvalue weighted by Gasteiger charge is -2.10. The number of carbonyl (C=O) groups is 1. The van der Waals surface area contributed by atoms with E-state index in [2.05, 4.69) is 31.8 Å². The molecule has 0 spiro atoms. The number of methoxy groups -OCH3 is 1. The molecule has 1 amide bonds. The Labute approximate surface area is 124 Å². The Bertz CT molecular complexity index is 595. The van der Waals surface area contributed by atoms with Crippen LogP contribution in [0.25, 0.3) is 0 Å². The zero-order chi connectivity index (χ0) is 15.1.